The molecule has 17 heavy (non-hydrogen) atoms. The fourth-order valence-corrected chi connectivity index (χ4v) is 1.93. The maximum atomic E-state index is 11.9. The molecule has 0 radical (unpaired) electrons. The number of aliphatic carboxylic acids is 2. The number of rotatable bonds is 5. The van der Waals surface area contributed by atoms with Gasteiger partial charge in [-0.2, -0.15) is 0 Å². The largest absolute Gasteiger partial charge is 0.480 e. The first-order valence-corrected chi connectivity index (χ1v) is 5.31. The molecular weight excluding hydrogens is 228 g/mol. The van der Waals surface area contributed by atoms with Gasteiger partial charge in [-0.1, -0.05) is 0 Å². The molecule has 1 aliphatic rings. The average Bonchev–Trinajstić information content (AvgIpc) is 2.61. The topological polar surface area (TPSA) is 98.2 Å². The van der Waals surface area contributed by atoms with Crippen molar-refractivity contribution < 1.29 is 24.6 Å². The summed E-state index contributed by atoms with van der Waals surface area (Å²) in [5.74, 6) is -3.09. The first kappa shape index (κ1) is 13.4. The van der Waals surface area contributed by atoms with Gasteiger partial charge in [-0.25, -0.2) is 0 Å². The van der Waals surface area contributed by atoms with Gasteiger partial charge in [0, 0.05) is 6.54 Å². The number of hydrogen-bond donors (Lipinski definition) is 2. The lowest BCUT2D eigenvalue weighted by atomic mass is 10.1. The summed E-state index contributed by atoms with van der Waals surface area (Å²) in [6.07, 6.45) is 0.644. The fraction of sp³-hybridized carbons (Fsp3) is 0.700. The summed E-state index contributed by atoms with van der Waals surface area (Å²) in [5.41, 5.74) is 0. The van der Waals surface area contributed by atoms with Crippen LogP contribution in [0.3, 0.4) is 0 Å². The van der Waals surface area contributed by atoms with E-state index in [0.29, 0.717) is 13.0 Å². The second-order valence-corrected chi connectivity index (χ2v) is 4.23. The van der Waals surface area contributed by atoms with E-state index in [1.165, 1.54) is 0 Å². The first-order chi connectivity index (χ1) is 7.90. The monoisotopic (exact) mass is 244 g/mol. The van der Waals surface area contributed by atoms with E-state index in [-0.39, 0.29) is 11.8 Å². The van der Waals surface area contributed by atoms with E-state index < -0.39 is 25.0 Å². The summed E-state index contributed by atoms with van der Waals surface area (Å²) < 4.78 is 0. The second-order valence-electron chi connectivity index (χ2n) is 4.23. The molecule has 1 unspecified atom stereocenters. The molecule has 0 aromatic heterocycles. The Labute approximate surface area is 98.6 Å². The lowest BCUT2D eigenvalue weighted by Crippen LogP contribution is -2.43. The van der Waals surface area contributed by atoms with E-state index in [9.17, 15) is 14.4 Å². The van der Waals surface area contributed by atoms with Crippen LogP contribution in [0.2, 0.25) is 0 Å². The minimum Gasteiger partial charge on any atom is -0.480 e. The molecule has 2 N–H and O–H groups in total. The number of nitrogens with zero attached hydrogens (tertiary/aromatic N) is 2. The predicted molar refractivity (Wildman–Crippen MR) is 57.5 cm³/mol. The van der Waals surface area contributed by atoms with E-state index in [1.54, 1.807) is 0 Å². The van der Waals surface area contributed by atoms with Gasteiger partial charge in [-0.3, -0.25) is 14.4 Å². The van der Waals surface area contributed by atoms with Crippen molar-refractivity contribution in [3.05, 3.63) is 0 Å². The summed E-state index contributed by atoms with van der Waals surface area (Å²) in [5, 5.41) is 17.3. The SMILES string of the molecule is CN1CCC(C(=O)N(CC(=O)O)CC(=O)O)C1. The van der Waals surface area contributed by atoms with Gasteiger partial charge in [-0.05, 0) is 20.0 Å². The molecular formula is C10H16N2O5. The third kappa shape index (κ3) is 4.03. The standard InChI is InChI=1S/C10H16N2O5/c1-11-3-2-7(4-11)10(17)12(5-8(13)14)6-9(15)16/h7H,2-6H2,1H3,(H,13,14)(H,15,16). The van der Waals surface area contributed by atoms with Gasteiger partial charge >= 0.3 is 11.9 Å². The summed E-state index contributed by atoms with van der Waals surface area (Å²) >= 11 is 0. The van der Waals surface area contributed by atoms with Gasteiger partial charge in [0.2, 0.25) is 5.91 Å². The third-order valence-electron chi connectivity index (χ3n) is 2.70. The molecule has 0 aliphatic carbocycles. The van der Waals surface area contributed by atoms with Gasteiger partial charge in [0.25, 0.3) is 0 Å². The van der Waals surface area contributed by atoms with Crippen LogP contribution in [0.4, 0.5) is 0 Å². The Morgan fingerprint density at radius 3 is 2.12 bits per heavy atom. The van der Waals surface area contributed by atoms with Crippen molar-refractivity contribution in [1.29, 1.82) is 0 Å². The van der Waals surface area contributed by atoms with Gasteiger partial charge in [0.15, 0.2) is 0 Å². The number of carbonyl (C=O) groups excluding carboxylic acids is 1. The quantitative estimate of drug-likeness (QED) is 0.639. The van der Waals surface area contributed by atoms with Crippen LogP contribution in [0, 0.1) is 5.92 Å². The fourth-order valence-electron chi connectivity index (χ4n) is 1.93. The Hall–Kier alpha value is -1.63. The molecule has 0 saturated carbocycles. The minimum atomic E-state index is -1.20. The normalized spacial score (nSPS) is 20.2. The molecule has 1 heterocycles. The Bertz CT molecular complexity index is 315. The lowest BCUT2D eigenvalue weighted by Gasteiger charge is -2.22. The van der Waals surface area contributed by atoms with Gasteiger partial charge in [0.05, 0.1) is 5.92 Å². The minimum absolute atomic E-state index is 0.293. The van der Waals surface area contributed by atoms with Crippen LogP contribution in [0.1, 0.15) is 6.42 Å². The van der Waals surface area contributed by atoms with Crippen LogP contribution in [-0.4, -0.2) is 71.1 Å². The van der Waals surface area contributed by atoms with Gasteiger partial charge in [-0.15, -0.1) is 0 Å². The van der Waals surface area contributed by atoms with Gasteiger partial charge < -0.3 is 20.0 Å². The summed E-state index contributed by atoms with van der Waals surface area (Å²) in [6, 6.07) is 0. The zero-order valence-corrected chi connectivity index (χ0v) is 9.63. The molecule has 96 valence electrons. The Kier molecular flexibility index (Phi) is 4.45. The molecule has 1 fully saturated rings. The number of amides is 1. The van der Waals surface area contributed by atoms with Crippen molar-refractivity contribution in [3.8, 4) is 0 Å². The number of carbonyl (C=O) groups is 3. The molecule has 7 heteroatoms. The van der Waals surface area contributed by atoms with Crippen LogP contribution in [-0.2, 0) is 14.4 Å². The predicted octanol–water partition coefficient (Wildman–Crippen LogP) is -1.06. The van der Waals surface area contributed by atoms with Crippen molar-refractivity contribution in [2.24, 2.45) is 5.92 Å². The molecule has 1 aliphatic heterocycles. The number of hydrogen-bond acceptors (Lipinski definition) is 4. The lowest BCUT2D eigenvalue weighted by molar-refractivity contribution is -0.151. The maximum absolute atomic E-state index is 11.9. The highest BCUT2D eigenvalue weighted by atomic mass is 16.4. The van der Waals surface area contributed by atoms with E-state index in [0.717, 1.165) is 11.4 Å². The molecule has 0 bridgehead atoms. The van der Waals surface area contributed by atoms with E-state index in [4.69, 9.17) is 10.2 Å². The highest BCUT2D eigenvalue weighted by Crippen LogP contribution is 2.17. The molecule has 1 saturated heterocycles. The zero-order valence-electron chi connectivity index (χ0n) is 9.63. The highest BCUT2D eigenvalue weighted by Gasteiger charge is 2.31. The molecule has 0 spiro atoms. The molecule has 0 aromatic rings. The highest BCUT2D eigenvalue weighted by molar-refractivity contribution is 5.86. The molecule has 7 nitrogen and oxygen atoms in total. The Morgan fingerprint density at radius 1 is 1.24 bits per heavy atom. The van der Waals surface area contributed by atoms with Crippen LogP contribution in [0.25, 0.3) is 0 Å². The number of likely N-dealkylation sites (tertiary alicyclic amines) is 1. The Balaban J connectivity index is 2.64. The van der Waals surface area contributed by atoms with Gasteiger partial charge in [0.1, 0.15) is 13.1 Å². The first-order valence-electron chi connectivity index (χ1n) is 5.31. The summed E-state index contributed by atoms with van der Waals surface area (Å²) in [4.78, 5) is 35.9. The molecule has 0 aromatic carbocycles. The van der Waals surface area contributed by atoms with E-state index >= 15 is 0 Å². The smallest absolute Gasteiger partial charge is 0.323 e. The van der Waals surface area contributed by atoms with Crippen molar-refractivity contribution in [2.75, 3.05) is 33.2 Å². The van der Waals surface area contributed by atoms with Crippen molar-refractivity contribution >= 4 is 17.8 Å². The van der Waals surface area contributed by atoms with Crippen LogP contribution in [0.15, 0.2) is 0 Å². The van der Waals surface area contributed by atoms with E-state index in [1.807, 2.05) is 11.9 Å². The average molecular weight is 244 g/mol. The number of carboxylic acid groups (broad SMARTS) is 2. The van der Waals surface area contributed by atoms with Crippen molar-refractivity contribution in [1.82, 2.24) is 9.80 Å². The molecule has 1 amide bonds. The summed E-state index contributed by atoms with van der Waals surface area (Å²) in [7, 11) is 1.87. The third-order valence-corrected chi connectivity index (χ3v) is 2.70. The molecule has 1 atom stereocenters. The zero-order chi connectivity index (χ0) is 13.0. The van der Waals surface area contributed by atoms with Crippen molar-refractivity contribution in [2.45, 2.75) is 6.42 Å². The second kappa shape index (κ2) is 5.62. The maximum Gasteiger partial charge on any atom is 0.323 e. The molecule has 1 rings (SSSR count). The van der Waals surface area contributed by atoms with Crippen molar-refractivity contribution in [3.63, 3.8) is 0 Å². The summed E-state index contributed by atoms with van der Waals surface area (Å²) in [6.45, 7) is 0.190. The van der Waals surface area contributed by atoms with Crippen LogP contribution < -0.4 is 0 Å². The van der Waals surface area contributed by atoms with Crippen LogP contribution >= 0.6 is 0 Å². The van der Waals surface area contributed by atoms with E-state index in [2.05, 4.69) is 0 Å². The Morgan fingerprint density at radius 2 is 1.76 bits per heavy atom. The number of carboxylic acids is 2. The van der Waals surface area contributed by atoms with Crippen LogP contribution in [0.5, 0.6) is 0 Å².